The van der Waals surface area contributed by atoms with Crippen LogP contribution in [-0.4, -0.2) is 64.0 Å². The lowest BCUT2D eigenvalue weighted by atomic mass is 10.2. The van der Waals surface area contributed by atoms with Crippen molar-refractivity contribution in [2.45, 2.75) is 4.90 Å². The normalized spacial score (nSPS) is 17.1. The quantitative estimate of drug-likeness (QED) is 0.529. The Labute approximate surface area is 184 Å². The summed E-state index contributed by atoms with van der Waals surface area (Å²) >= 11 is 6.15. The monoisotopic (exact) mass is 465 g/mol. The minimum absolute atomic E-state index is 0.0668. The van der Waals surface area contributed by atoms with Crippen LogP contribution in [0.2, 0.25) is 5.02 Å². The molecule has 31 heavy (non-hydrogen) atoms. The van der Waals surface area contributed by atoms with E-state index in [-0.39, 0.29) is 41.8 Å². The molecule has 2 aliphatic heterocycles. The molecule has 9 nitrogen and oxygen atoms in total. The molecule has 1 N–H and O–H groups in total. The van der Waals surface area contributed by atoms with Crippen molar-refractivity contribution in [2.24, 2.45) is 0 Å². The molecule has 4 rings (SSSR count). The third kappa shape index (κ3) is 4.67. The molecule has 0 bridgehead atoms. The summed E-state index contributed by atoms with van der Waals surface area (Å²) in [6.07, 6.45) is 0. The van der Waals surface area contributed by atoms with E-state index in [4.69, 9.17) is 21.1 Å². The first-order chi connectivity index (χ1) is 14.8. The number of rotatable bonds is 5. The fraction of sp³-hybridized carbons (Fsp3) is 0.300. The zero-order chi connectivity index (χ0) is 22.0. The molecule has 0 saturated carbocycles. The van der Waals surface area contributed by atoms with E-state index in [0.29, 0.717) is 24.7 Å². The molecule has 2 aromatic rings. The number of nitrogens with zero attached hydrogens (tertiary/aromatic N) is 2. The van der Waals surface area contributed by atoms with Crippen molar-refractivity contribution >= 4 is 44.9 Å². The molecule has 2 aliphatic rings. The second-order valence-electron chi connectivity index (χ2n) is 7.01. The van der Waals surface area contributed by atoms with Crippen LogP contribution in [0.15, 0.2) is 47.4 Å². The number of carbonyl (C=O) groups excluding carboxylic acids is 2. The lowest BCUT2D eigenvalue weighted by molar-refractivity contribution is -0.133. The standard InChI is InChI=1S/C20H20ClN3O6S/c21-15-6-5-14(11-18(15)31(27,28)24-7-9-29-10-8-24)22-19(25)12-23-13-20(26)30-17-4-2-1-3-16(17)23/h1-6,11H,7-10,12-13H2,(H,22,25). The zero-order valence-corrected chi connectivity index (χ0v) is 18.0. The topological polar surface area (TPSA) is 105 Å². The summed E-state index contributed by atoms with van der Waals surface area (Å²) in [4.78, 5) is 26.0. The third-order valence-electron chi connectivity index (χ3n) is 4.89. The first kappa shape index (κ1) is 21.6. The summed E-state index contributed by atoms with van der Waals surface area (Å²) in [5, 5.41) is 2.75. The second-order valence-corrected chi connectivity index (χ2v) is 9.32. The van der Waals surface area contributed by atoms with Crippen molar-refractivity contribution in [2.75, 3.05) is 49.6 Å². The van der Waals surface area contributed by atoms with E-state index < -0.39 is 21.9 Å². The molecule has 11 heteroatoms. The van der Waals surface area contributed by atoms with E-state index in [1.54, 1.807) is 29.2 Å². The molecule has 1 fully saturated rings. The number of fused-ring (bicyclic) bond motifs is 1. The highest BCUT2D eigenvalue weighted by Gasteiger charge is 2.29. The number of esters is 1. The van der Waals surface area contributed by atoms with Gasteiger partial charge in [-0.25, -0.2) is 13.2 Å². The maximum atomic E-state index is 12.9. The summed E-state index contributed by atoms with van der Waals surface area (Å²) in [5.74, 6) is -0.490. The number of amides is 1. The number of anilines is 2. The van der Waals surface area contributed by atoms with Gasteiger partial charge >= 0.3 is 5.97 Å². The lowest BCUT2D eigenvalue weighted by Gasteiger charge is -2.29. The van der Waals surface area contributed by atoms with Gasteiger partial charge in [-0.1, -0.05) is 23.7 Å². The maximum Gasteiger partial charge on any atom is 0.331 e. The largest absolute Gasteiger partial charge is 0.423 e. The SMILES string of the molecule is O=C(CN1CC(=O)Oc2ccccc21)Nc1ccc(Cl)c(S(=O)(=O)N2CCOCC2)c1. The first-order valence-corrected chi connectivity index (χ1v) is 11.4. The van der Waals surface area contributed by atoms with Crippen LogP contribution in [0.5, 0.6) is 5.75 Å². The maximum absolute atomic E-state index is 12.9. The van der Waals surface area contributed by atoms with Crippen molar-refractivity contribution in [3.63, 3.8) is 0 Å². The van der Waals surface area contributed by atoms with Crippen LogP contribution in [0, 0.1) is 0 Å². The van der Waals surface area contributed by atoms with Crippen LogP contribution in [0.3, 0.4) is 0 Å². The predicted octanol–water partition coefficient (Wildman–Crippen LogP) is 1.72. The first-order valence-electron chi connectivity index (χ1n) is 9.56. The number of nitrogens with one attached hydrogen (secondary N) is 1. The molecule has 1 saturated heterocycles. The van der Waals surface area contributed by atoms with E-state index in [2.05, 4.69) is 5.32 Å². The zero-order valence-electron chi connectivity index (χ0n) is 16.4. The van der Waals surface area contributed by atoms with Gasteiger partial charge in [-0.2, -0.15) is 4.31 Å². The van der Waals surface area contributed by atoms with E-state index in [9.17, 15) is 18.0 Å². The van der Waals surface area contributed by atoms with Crippen molar-refractivity contribution in [3.8, 4) is 5.75 Å². The lowest BCUT2D eigenvalue weighted by Crippen LogP contribution is -2.41. The van der Waals surface area contributed by atoms with Crippen molar-refractivity contribution in [3.05, 3.63) is 47.5 Å². The van der Waals surface area contributed by atoms with Gasteiger partial charge in [0.25, 0.3) is 0 Å². The van der Waals surface area contributed by atoms with Gasteiger partial charge < -0.3 is 19.7 Å². The fourth-order valence-electron chi connectivity index (χ4n) is 3.42. The average molecular weight is 466 g/mol. The van der Waals surface area contributed by atoms with Gasteiger partial charge in [0, 0.05) is 18.8 Å². The Kier molecular flexibility index (Phi) is 6.15. The van der Waals surface area contributed by atoms with Crippen LogP contribution in [0.4, 0.5) is 11.4 Å². The number of para-hydroxylation sites is 2. The number of hydrogen-bond donors (Lipinski definition) is 1. The Balaban J connectivity index is 1.51. The van der Waals surface area contributed by atoms with Gasteiger partial charge in [0.1, 0.15) is 11.4 Å². The van der Waals surface area contributed by atoms with E-state index in [0.717, 1.165) is 0 Å². The number of carbonyl (C=O) groups is 2. The Bertz CT molecular complexity index is 1120. The van der Waals surface area contributed by atoms with Crippen LogP contribution >= 0.6 is 11.6 Å². The second kappa shape index (κ2) is 8.83. The van der Waals surface area contributed by atoms with Gasteiger partial charge in [0.2, 0.25) is 15.9 Å². The Hall–Kier alpha value is -2.66. The molecule has 2 aromatic carbocycles. The Morgan fingerprint density at radius 1 is 1.13 bits per heavy atom. The number of morpholine rings is 1. The molecular weight excluding hydrogens is 446 g/mol. The molecule has 0 aromatic heterocycles. The van der Waals surface area contributed by atoms with Crippen LogP contribution in [0.25, 0.3) is 0 Å². The highest BCUT2D eigenvalue weighted by atomic mass is 35.5. The van der Waals surface area contributed by atoms with E-state index >= 15 is 0 Å². The molecular formula is C20H20ClN3O6S. The molecule has 0 spiro atoms. The Morgan fingerprint density at radius 3 is 2.65 bits per heavy atom. The van der Waals surface area contributed by atoms with Crippen LogP contribution < -0.4 is 15.0 Å². The third-order valence-corrected chi connectivity index (χ3v) is 7.27. The van der Waals surface area contributed by atoms with Gasteiger partial charge in [-0.15, -0.1) is 0 Å². The highest BCUT2D eigenvalue weighted by molar-refractivity contribution is 7.89. The van der Waals surface area contributed by atoms with E-state index in [1.165, 1.54) is 22.5 Å². The molecule has 164 valence electrons. The van der Waals surface area contributed by atoms with Crippen molar-refractivity contribution in [1.29, 1.82) is 0 Å². The average Bonchev–Trinajstić information content (AvgIpc) is 2.75. The van der Waals surface area contributed by atoms with Gasteiger partial charge in [-0.05, 0) is 30.3 Å². The number of sulfonamides is 1. The van der Waals surface area contributed by atoms with Gasteiger partial charge in [0.15, 0.2) is 5.75 Å². The molecule has 2 heterocycles. The van der Waals surface area contributed by atoms with Gasteiger partial charge in [-0.3, -0.25) is 4.79 Å². The summed E-state index contributed by atoms with van der Waals surface area (Å²) in [6.45, 7) is 0.918. The molecule has 0 radical (unpaired) electrons. The fourth-order valence-corrected chi connectivity index (χ4v) is 5.33. The van der Waals surface area contributed by atoms with Gasteiger partial charge in [0.05, 0.1) is 30.5 Å². The predicted molar refractivity (Wildman–Crippen MR) is 114 cm³/mol. The molecule has 0 atom stereocenters. The Morgan fingerprint density at radius 2 is 1.87 bits per heavy atom. The minimum Gasteiger partial charge on any atom is -0.423 e. The molecule has 0 unspecified atom stereocenters. The number of ether oxygens (including phenoxy) is 2. The number of hydrogen-bond acceptors (Lipinski definition) is 7. The van der Waals surface area contributed by atoms with Crippen molar-refractivity contribution < 1.29 is 27.5 Å². The summed E-state index contributed by atoms with van der Waals surface area (Å²) < 4.78 is 37.6. The van der Waals surface area contributed by atoms with E-state index in [1.807, 2.05) is 0 Å². The number of halogens is 1. The van der Waals surface area contributed by atoms with Crippen molar-refractivity contribution in [1.82, 2.24) is 4.31 Å². The molecule has 0 aliphatic carbocycles. The van der Waals surface area contributed by atoms with Crippen LogP contribution in [0.1, 0.15) is 0 Å². The van der Waals surface area contributed by atoms with Crippen LogP contribution in [-0.2, 0) is 24.3 Å². The summed E-state index contributed by atoms with van der Waals surface area (Å²) in [5.41, 5.74) is 0.915. The highest BCUT2D eigenvalue weighted by Crippen LogP contribution is 2.31. The molecule has 1 amide bonds. The number of benzene rings is 2. The smallest absolute Gasteiger partial charge is 0.331 e. The summed E-state index contributed by atoms with van der Waals surface area (Å²) in [6, 6.07) is 11.2. The minimum atomic E-state index is -3.83. The summed E-state index contributed by atoms with van der Waals surface area (Å²) in [7, 11) is -3.83.